The van der Waals surface area contributed by atoms with Gasteiger partial charge in [-0.3, -0.25) is 4.79 Å². The maximum absolute atomic E-state index is 11.6. The Morgan fingerprint density at radius 3 is 2.68 bits per heavy atom. The van der Waals surface area contributed by atoms with Crippen molar-refractivity contribution in [3.8, 4) is 0 Å². The lowest BCUT2D eigenvalue weighted by atomic mass is 10.2. The first-order chi connectivity index (χ1) is 8.87. The molecule has 0 aromatic heterocycles. The van der Waals surface area contributed by atoms with Gasteiger partial charge in [-0.05, 0) is 39.0 Å². The fraction of sp³-hybridized carbons (Fsp3) is 0.500. The number of amides is 1. The van der Waals surface area contributed by atoms with Gasteiger partial charge in [0.05, 0.1) is 18.8 Å². The smallest absolute Gasteiger partial charge is 0.250 e. The molecule has 3 N–H and O–H groups in total. The summed E-state index contributed by atoms with van der Waals surface area (Å²) in [6, 6.07) is 7.01. The molecule has 0 aliphatic carbocycles. The van der Waals surface area contributed by atoms with E-state index in [1.54, 1.807) is 24.3 Å². The van der Waals surface area contributed by atoms with E-state index in [4.69, 9.17) is 15.2 Å². The van der Waals surface area contributed by atoms with Crippen LogP contribution in [0.15, 0.2) is 24.3 Å². The quantitative estimate of drug-likeness (QED) is 0.610. The predicted molar refractivity (Wildman–Crippen MR) is 76.0 cm³/mol. The third-order valence-corrected chi connectivity index (χ3v) is 2.17. The van der Waals surface area contributed by atoms with E-state index in [0.29, 0.717) is 24.6 Å². The van der Waals surface area contributed by atoms with Crippen LogP contribution in [0.3, 0.4) is 0 Å². The van der Waals surface area contributed by atoms with E-state index in [9.17, 15) is 4.79 Å². The Kier molecular flexibility index (Phi) is 5.79. The number of carbonyl (C=O) groups excluding carboxylic acids is 1. The molecule has 1 aromatic rings. The minimum absolute atomic E-state index is 0.00228. The van der Waals surface area contributed by atoms with Crippen LogP contribution in [0, 0.1) is 0 Å². The SMILES string of the molecule is CC(C)(C)OCCOCC(=O)Nc1cccc(N)c1. The summed E-state index contributed by atoms with van der Waals surface area (Å²) < 4.78 is 10.7. The normalized spacial score (nSPS) is 11.3. The average molecular weight is 266 g/mol. The van der Waals surface area contributed by atoms with Gasteiger partial charge < -0.3 is 20.5 Å². The van der Waals surface area contributed by atoms with Gasteiger partial charge in [-0.1, -0.05) is 6.07 Å². The zero-order valence-corrected chi connectivity index (χ0v) is 11.7. The molecule has 0 radical (unpaired) electrons. The standard InChI is InChI=1S/C14H22N2O3/c1-14(2,3)19-8-7-18-10-13(17)16-12-6-4-5-11(15)9-12/h4-6,9H,7-8,10,15H2,1-3H3,(H,16,17). The first kappa shape index (κ1) is 15.5. The zero-order valence-electron chi connectivity index (χ0n) is 11.7. The van der Waals surface area contributed by atoms with E-state index in [1.165, 1.54) is 0 Å². The van der Waals surface area contributed by atoms with Crippen LogP contribution >= 0.6 is 0 Å². The van der Waals surface area contributed by atoms with Crippen LogP contribution in [0.2, 0.25) is 0 Å². The third kappa shape index (κ3) is 7.43. The van der Waals surface area contributed by atoms with Crippen molar-refractivity contribution < 1.29 is 14.3 Å². The molecule has 5 heteroatoms. The van der Waals surface area contributed by atoms with Gasteiger partial charge in [0.2, 0.25) is 5.91 Å². The molecule has 0 aliphatic heterocycles. The Bertz CT molecular complexity index is 413. The number of rotatable bonds is 6. The second-order valence-electron chi connectivity index (χ2n) is 5.19. The van der Waals surface area contributed by atoms with Crippen LogP contribution in [0.1, 0.15) is 20.8 Å². The highest BCUT2D eigenvalue weighted by atomic mass is 16.5. The molecule has 0 bridgehead atoms. The molecule has 19 heavy (non-hydrogen) atoms. The van der Waals surface area contributed by atoms with Crippen molar-refractivity contribution in [3.05, 3.63) is 24.3 Å². The number of nitrogens with two attached hydrogens (primary N) is 1. The van der Waals surface area contributed by atoms with Gasteiger partial charge in [0, 0.05) is 11.4 Å². The molecule has 0 heterocycles. The molecule has 0 spiro atoms. The molecular weight excluding hydrogens is 244 g/mol. The van der Waals surface area contributed by atoms with Crippen LogP contribution in [0.5, 0.6) is 0 Å². The first-order valence-corrected chi connectivity index (χ1v) is 6.24. The zero-order chi connectivity index (χ0) is 14.3. The largest absolute Gasteiger partial charge is 0.399 e. The number of hydrogen-bond acceptors (Lipinski definition) is 4. The van der Waals surface area contributed by atoms with Gasteiger partial charge in [-0.15, -0.1) is 0 Å². The molecule has 1 rings (SSSR count). The summed E-state index contributed by atoms with van der Waals surface area (Å²) in [5.74, 6) is -0.207. The van der Waals surface area contributed by atoms with E-state index >= 15 is 0 Å². The summed E-state index contributed by atoms with van der Waals surface area (Å²) in [5, 5.41) is 2.71. The van der Waals surface area contributed by atoms with Crippen molar-refractivity contribution in [2.75, 3.05) is 30.9 Å². The second kappa shape index (κ2) is 7.11. The maximum Gasteiger partial charge on any atom is 0.250 e. The average Bonchev–Trinajstić information content (AvgIpc) is 2.26. The van der Waals surface area contributed by atoms with E-state index in [1.807, 2.05) is 20.8 Å². The Labute approximate surface area is 114 Å². The lowest BCUT2D eigenvalue weighted by Crippen LogP contribution is -2.24. The van der Waals surface area contributed by atoms with Crippen molar-refractivity contribution in [1.82, 2.24) is 0 Å². The Morgan fingerprint density at radius 1 is 1.32 bits per heavy atom. The fourth-order valence-electron chi connectivity index (χ4n) is 1.39. The predicted octanol–water partition coefficient (Wildman–Crippen LogP) is 2.04. The molecule has 0 saturated carbocycles. The van der Waals surface area contributed by atoms with E-state index < -0.39 is 0 Å². The molecule has 0 unspecified atom stereocenters. The fourth-order valence-corrected chi connectivity index (χ4v) is 1.39. The van der Waals surface area contributed by atoms with Crippen molar-refractivity contribution in [3.63, 3.8) is 0 Å². The number of benzene rings is 1. The Balaban J connectivity index is 2.18. The highest BCUT2D eigenvalue weighted by molar-refractivity contribution is 5.92. The minimum Gasteiger partial charge on any atom is -0.399 e. The lowest BCUT2D eigenvalue weighted by Gasteiger charge is -2.19. The highest BCUT2D eigenvalue weighted by Gasteiger charge is 2.09. The van der Waals surface area contributed by atoms with Crippen LogP contribution in [0.4, 0.5) is 11.4 Å². The molecule has 0 saturated heterocycles. The van der Waals surface area contributed by atoms with Crippen molar-refractivity contribution in [2.45, 2.75) is 26.4 Å². The van der Waals surface area contributed by atoms with E-state index in [-0.39, 0.29) is 18.1 Å². The van der Waals surface area contributed by atoms with Gasteiger partial charge in [0.15, 0.2) is 0 Å². The minimum atomic E-state index is -0.207. The lowest BCUT2D eigenvalue weighted by molar-refractivity contribution is -0.121. The molecule has 0 fully saturated rings. The van der Waals surface area contributed by atoms with Gasteiger partial charge in [-0.2, -0.15) is 0 Å². The Hall–Kier alpha value is -1.59. The number of anilines is 2. The summed E-state index contributed by atoms with van der Waals surface area (Å²) in [6.45, 7) is 6.78. The summed E-state index contributed by atoms with van der Waals surface area (Å²) in [7, 11) is 0. The van der Waals surface area contributed by atoms with E-state index in [0.717, 1.165) is 0 Å². The summed E-state index contributed by atoms with van der Waals surface area (Å²) >= 11 is 0. The molecular formula is C14H22N2O3. The Morgan fingerprint density at radius 2 is 2.05 bits per heavy atom. The molecule has 0 atom stereocenters. The van der Waals surface area contributed by atoms with Crippen LogP contribution in [-0.4, -0.2) is 31.3 Å². The summed E-state index contributed by atoms with van der Waals surface area (Å²) in [5.41, 5.74) is 6.70. The monoisotopic (exact) mass is 266 g/mol. The van der Waals surface area contributed by atoms with Gasteiger partial charge >= 0.3 is 0 Å². The number of hydrogen-bond donors (Lipinski definition) is 2. The molecule has 0 aliphatic rings. The topological polar surface area (TPSA) is 73.6 Å². The van der Waals surface area contributed by atoms with Crippen LogP contribution in [-0.2, 0) is 14.3 Å². The maximum atomic E-state index is 11.6. The number of ether oxygens (including phenoxy) is 2. The number of nitrogens with one attached hydrogen (secondary N) is 1. The third-order valence-electron chi connectivity index (χ3n) is 2.17. The van der Waals surface area contributed by atoms with Crippen molar-refractivity contribution >= 4 is 17.3 Å². The first-order valence-electron chi connectivity index (χ1n) is 6.24. The van der Waals surface area contributed by atoms with Gasteiger partial charge in [-0.25, -0.2) is 0 Å². The summed E-state index contributed by atoms with van der Waals surface area (Å²) in [4.78, 5) is 11.6. The molecule has 1 amide bonds. The second-order valence-corrected chi connectivity index (χ2v) is 5.19. The van der Waals surface area contributed by atoms with E-state index in [2.05, 4.69) is 5.32 Å². The molecule has 5 nitrogen and oxygen atoms in total. The highest BCUT2D eigenvalue weighted by Crippen LogP contribution is 2.11. The number of nitrogen functional groups attached to an aromatic ring is 1. The summed E-state index contributed by atoms with van der Waals surface area (Å²) in [6.07, 6.45) is 0. The molecule has 1 aromatic carbocycles. The van der Waals surface area contributed by atoms with Crippen molar-refractivity contribution in [1.29, 1.82) is 0 Å². The van der Waals surface area contributed by atoms with Crippen molar-refractivity contribution in [2.24, 2.45) is 0 Å². The molecule has 106 valence electrons. The number of carbonyl (C=O) groups is 1. The van der Waals surface area contributed by atoms with Gasteiger partial charge in [0.25, 0.3) is 0 Å². The van der Waals surface area contributed by atoms with Crippen LogP contribution in [0.25, 0.3) is 0 Å². The van der Waals surface area contributed by atoms with Crippen LogP contribution < -0.4 is 11.1 Å². The van der Waals surface area contributed by atoms with Gasteiger partial charge in [0.1, 0.15) is 6.61 Å².